The van der Waals surface area contributed by atoms with Gasteiger partial charge in [-0.05, 0) is 61.7 Å². The normalized spacial score (nSPS) is 14.0. The molecule has 2 heterocycles. The SMILES string of the molecule is CCOC(=O)CNC(CC(=O)N1CCCC1)c1ccc2c(c1)nc(CNc1ccc(C#N)cc1)n2C. The number of benzene rings is 2. The molecule has 9 heteroatoms. The van der Waals surface area contributed by atoms with Crippen molar-refractivity contribution in [2.75, 3.05) is 31.6 Å². The third-order valence-electron chi connectivity index (χ3n) is 6.50. The molecule has 2 aromatic carbocycles. The average molecular weight is 489 g/mol. The molecule has 2 N–H and O–H groups in total. The van der Waals surface area contributed by atoms with Crippen molar-refractivity contribution in [1.82, 2.24) is 19.8 Å². The summed E-state index contributed by atoms with van der Waals surface area (Å²) >= 11 is 0. The highest BCUT2D eigenvalue weighted by atomic mass is 16.5. The van der Waals surface area contributed by atoms with E-state index >= 15 is 0 Å². The topological polar surface area (TPSA) is 112 Å². The van der Waals surface area contributed by atoms with E-state index in [0.29, 0.717) is 18.7 Å². The number of aromatic nitrogens is 2. The average Bonchev–Trinajstić information content (AvgIpc) is 3.54. The predicted octanol–water partition coefficient (Wildman–Crippen LogP) is 3.26. The first kappa shape index (κ1) is 25.2. The number of hydrogen-bond donors (Lipinski definition) is 2. The second kappa shape index (κ2) is 11.7. The molecule has 36 heavy (non-hydrogen) atoms. The molecule has 1 amide bonds. The molecule has 3 aromatic rings. The van der Waals surface area contributed by atoms with Gasteiger partial charge >= 0.3 is 5.97 Å². The molecular weight excluding hydrogens is 456 g/mol. The number of imidazole rings is 1. The summed E-state index contributed by atoms with van der Waals surface area (Å²) in [5, 5.41) is 15.5. The van der Waals surface area contributed by atoms with Crippen LogP contribution in [0.5, 0.6) is 0 Å². The van der Waals surface area contributed by atoms with Crippen molar-refractivity contribution in [3.05, 3.63) is 59.4 Å². The van der Waals surface area contributed by atoms with Crippen LogP contribution in [0.15, 0.2) is 42.5 Å². The number of carbonyl (C=O) groups is 2. The Hall–Kier alpha value is -3.90. The maximum absolute atomic E-state index is 12.9. The van der Waals surface area contributed by atoms with Crippen LogP contribution in [0.1, 0.15) is 49.2 Å². The molecule has 1 aliphatic rings. The van der Waals surface area contributed by atoms with Crippen molar-refractivity contribution in [3.63, 3.8) is 0 Å². The minimum absolute atomic E-state index is 0.0335. The molecule has 1 atom stereocenters. The molecule has 1 fully saturated rings. The first-order valence-electron chi connectivity index (χ1n) is 12.3. The van der Waals surface area contributed by atoms with Crippen LogP contribution in [0.25, 0.3) is 11.0 Å². The summed E-state index contributed by atoms with van der Waals surface area (Å²) in [5.41, 5.74) is 4.23. The van der Waals surface area contributed by atoms with Crippen LogP contribution in [-0.2, 0) is 27.9 Å². The van der Waals surface area contributed by atoms with Crippen molar-refractivity contribution in [2.24, 2.45) is 7.05 Å². The zero-order valence-electron chi connectivity index (χ0n) is 20.8. The monoisotopic (exact) mass is 488 g/mol. The lowest BCUT2D eigenvalue weighted by Crippen LogP contribution is -2.35. The van der Waals surface area contributed by atoms with Crippen molar-refractivity contribution in [1.29, 1.82) is 5.26 Å². The fourth-order valence-electron chi connectivity index (χ4n) is 4.48. The zero-order valence-corrected chi connectivity index (χ0v) is 20.8. The summed E-state index contributed by atoms with van der Waals surface area (Å²) in [4.78, 5) is 31.6. The van der Waals surface area contributed by atoms with Gasteiger partial charge in [0, 0.05) is 38.3 Å². The van der Waals surface area contributed by atoms with Gasteiger partial charge in [0.15, 0.2) is 0 Å². The number of rotatable bonds is 10. The van der Waals surface area contributed by atoms with E-state index in [1.165, 1.54) is 0 Å². The zero-order chi connectivity index (χ0) is 25.5. The van der Waals surface area contributed by atoms with E-state index in [9.17, 15) is 9.59 Å². The summed E-state index contributed by atoms with van der Waals surface area (Å²) < 4.78 is 7.10. The number of fused-ring (bicyclic) bond motifs is 1. The smallest absolute Gasteiger partial charge is 0.319 e. The molecule has 0 bridgehead atoms. The molecule has 188 valence electrons. The molecule has 1 aromatic heterocycles. The third-order valence-corrected chi connectivity index (χ3v) is 6.50. The molecule has 1 unspecified atom stereocenters. The molecule has 0 radical (unpaired) electrons. The lowest BCUT2D eigenvalue weighted by molar-refractivity contribution is -0.142. The van der Waals surface area contributed by atoms with Gasteiger partial charge in [-0.25, -0.2) is 4.98 Å². The lowest BCUT2D eigenvalue weighted by Gasteiger charge is -2.22. The first-order valence-corrected chi connectivity index (χ1v) is 12.3. The highest BCUT2D eigenvalue weighted by Gasteiger charge is 2.24. The first-order chi connectivity index (χ1) is 17.5. The van der Waals surface area contributed by atoms with Gasteiger partial charge in [0.1, 0.15) is 5.82 Å². The Morgan fingerprint density at radius 3 is 2.61 bits per heavy atom. The van der Waals surface area contributed by atoms with Gasteiger partial charge in [-0.15, -0.1) is 0 Å². The van der Waals surface area contributed by atoms with Gasteiger partial charge < -0.3 is 19.5 Å². The molecule has 1 saturated heterocycles. The van der Waals surface area contributed by atoms with Crippen LogP contribution in [0.4, 0.5) is 5.69 Å². The number of likely N-dealkylation sites (tertiary alicyclic amines) is 1. The van der Waals surface area contributed by atoms with E-state index in [2.05, 4.69) is 16.7 Å². The van der Waals surface area contributed by atoms with Gasteiger partial charge in [-0.1, -0.05) is 6.07 Å². The number of carbonyl (C=O) groups excluding carboxylic acids is 2. The fraction of sp³-hybridized carbons (Fsp3) is 0.407. The summed E-state index contributed by atoms with van der Waals surface area (Å²) in [7, 11) is 1.97. The van der Waals surface area contributed by atoms with Crippen LogP contribution >= 0.6 is 0 Å². The minimum atomic E-state index is -0.341. The van der Waals surface area contributed by atoms with Crippen molar-refractivity contribution >= 4 is 28.6 Å². The molecule has 0 spiro atoms. The van der Waals surface area contributed by atoms with Crippen molar-refractivity contribution < 1.29 is 14.3 Å². The highest BCUT2D eigenvalue weighted by molar-refractivity contribution is 5.80. The summed E-state index contributed by atoms with van der Waals surface area (Å²) in [6.07, 6.45) is 2.34. The number of ether oxygens (including phenoxy) is 1. The Balaban J connectivity index is 1.52. The number of aryl methyl sites for hydroxylation is 1. The van der Waals surface area contributed by atoms with Gasteiger partial charge in [-0.2, -0.15) is 5.26 Å². The number of amides is 1. The van der Waals surface area contributed by atoms with E-state index in [0.717, 1.165) is 54.0 Å². The largest absolute Gasteiger partial charge is 0.465 e. The quantitative estimate of drug-likeness (QED) is 0.421. The number of nitrogens with zero attached hydrogens (tertiary/aromatic N) is 4. The van der Waals surface area contributed by atoms with E-state index in [-0.39, 0.29) is 30.9 Å². The Morgan fingerprint density at radius 2 is 1.92 bits per heavy atom. The van der Waals surface area contributed by atoms with E-state index in [1.54, 1.807) is 19.1 Å². The van der Waals surface area contributed by atoms with Gasteiger partial charge in [0.05, 0.1) is 42.4 Å². The molecule has 4 rings (SSSR count). The Bertz CT molecular complexity index is 1250. The lowest BCUT2D eigenvalue weighted by atomic mass is 10.0. The van der Waals surface area contributed by atoms with E-state index in [4.69, 9.17) is 15.0 Å². The van der Waals surface area contributed by atoms with Crippen molar-refractivity contribution in [3.8, 4) is 6.07 Å². The fourth-order valence-corrected chi connectivity index (χ4v) is 4.48. The maximum Gasteiger partial charge on any atom is 0.319 e. The van der Waals surface area contributed by atoms with Crippen molar-refractivity contribution in [2.45, 2.75) is 38.8 Å². The second-order valence-electron chi connectivity index (χ2n) is 8.91. The highest BCUT2D eigenvalue weighted by Crippen LogP contribution is 2.25. The standard InChI is InChI=1S/C27H32N6O3/c1-3-36-27(35)18-30-22(15-26(34)33-12-4-5-13-33)20-8-11-24-23(14-20)31-25(32(24)2)17-29-21-9-6-19(16-28)7-10-21/h6-11,14,22,29-30H,3-5,12-13,15,17-18H2,1-2H3. The Kier molecular flexibility index (Phi) is 8.18. The van der Waals surface area contributed by atoms with E-state index in [1.807, 2.05) is 46.8 Å². The molecule has 9 nitrogen and oxygen atoms in total. The van der Waals surface area contributed by atoms with Crippen LogP contribution in [0.2, 0.25) is 0 Å². The van der Waals surface area contributed by atoms with Crippen LogP contribution in [0, 0.1) is 11.3 Å². The third kappa shape index (κ3) is 6.01. The number of nitrogens with one attached hydrogen (secondary N) is 2. The Labute approximate surface area is 211 Å². The van der Waals surface area contributed by atoms with Gasteiger partial charge in [0.2, 0.25) is 5.91 Å². The molecule has 0 aliphatic carbocycles. The van der Waals surface area contributed by atoms with Crippen LogP contribution in [-0.4, -0.2) is 52.6 Å². The summed E-state index contributed by atoms with van der Waals surface area (Å²) in [5.74, 6) is 0.601. The van der Waals surface area contributed by atoms with Gasteiger partial charge in [0.25, 0.3) is 0 Å². The van der Waals surface area contributed by atoms with Crippen LogP contribution in [0.3, 0.4) is 0 Å². The summed E-state index contributed by atoms with van der Waals surface area (Å²) in [6, 6.07) is 15.1. The number of hydrogen-bond acceptors (Lipinski definition) is 7. The number of anilines is 1. The number of nitriles is 1. The second-order valence-corrected chi connectivity index (χ2v) is 8.91. The summed E-state index contributed by atoms with van der Waals surface area (Å²) in [6.45, 7) is 4.22. The predicted molar refractivity (Wildman–Crippen MR) is 137 cm³/mol. The van der Waals surface area contributed by atoms with Gasteiger partial charge in [-0.3, -0.25) is 14.9 Å². The Morgan fingerprint density at radius 1 is 1.17 bits per heavy atom. The molecule has 1 aliphatic heterocycles. The molecule has 0 saturated carbocycles. The minimum Gasteiger partial charge on any atom is -0.465 e. The maximum atomic E-state index is 12.9. The number of esters is 1. The van der Waals surface area contributed by atoms with Crippen LogP contribution < -0.4 is 10.6 Å². The van der Waals surface area contributed by atoms with E-state index < -0.39 is 0 Å². The molecular formula is C27H32N6O3.